The number of hydrogen-bond acceptors (Lipinski definition) is 4. The summed E-state index contributed by atoms with van der Waals surface area (Å²) in [6.45, 7) is 4.39. The summed E-state index contributed by atoms with van der Waals surface area (Å²) in [5.74, 6) is -0.889. The molecule has 7 nitrogen and oxygen atoms in total. The minimum Gasteiger partial charge on any atom is -0.378 e. The molecule has 32 heavy (non-hydrogen) atoms. The Kier molecular flexibility index (Phi) is 7.33. The summed E-state index contributed by atoms with van der Waals surface area (Å²) in [5, 5.41) is 4.91. The SMILES string of the molecule is Cc1ccc(Cn2nc(C)c(/C=C/C(=O)NNC(=O)c3cccc(N(C)C)c3)c2Cl)cc1. The molecule has 3 aromatic rings. The molecule has 1 aromatic heterocycles. The number of nitrogens with zero attached hydrogens (tertiary/aromatic N) is 3. The van der Waals surface area contributed by atoms with Gasteiger partial charge in [0.25, 0.3) is 11.8 Å². The van der Waals surface area contributed by atoms with Gasteiger partial charge in [-0.2, -0.15) is 5.10 Å². The molecule has 0 unspecified atom stereocenters. The molecule has 2 amide bonds. The lowest BCUT2D eigenvalue weighted by molar-refractivity contribution is -0.117. The first-order chi connectivity index (χ1) is 15.2. The predicted octanol–water partition coefficient (Wildman–Crippen LogP) is 3.74. The van der Waals surface area contributed by atoms with Crippen LogP contribution in [0.25, 0.3) is 6.08 Å². The van der Waals surface area contributed by atoms with Crippen molar-refractivity contribution in [3.63, 3.8) is 0 Å². The zero-order valence-corrected chi connectivity index (χ0v) is 19.3. The number of aromatic nitrogens is 2. The highest BCUT2D eigenvalue weighted by atomic mass is 35.5. The summed E-state index contributed by atoms with van der Waals surface area (Å²) >= 11 is 6.49. The fourth-order valence-electron chi connectivity index (χ4n) is 3.04. The number of benzene rings is 2. The first-order valence-electron chi connectivity index (χ1n) is 10.1. The van der Waals surface area contributed by atoms with Crippen molar-refractivity contribution in [1.82, 2.24) is 20.6 Å². The van der Waals surface area contributed by atoms with E-state index in [1.54, 1.807) is 29.0 Å². The Balaban J connectivity index is 1.61. The topological polar surface area (TPSA) is 79.3 Å². The highest BCUT2D eigenvalue weighted by Crippen LogP contribution is 2.22. The largest absolute Gasteiger partial charge is 0.378 e. The molecule has 0 aliphatic carbocycles. The number of carbonyl (C=O) groups excluding carboxylic acids is 2. The molecule has 1 heterocycles. The normalized spacial score (nSPS) is 10.9. The van der Waals surface area contributed by atoms with Gasteiger partial charge in [-0.25, -0.2) is 4.68 Å². The smallest absolute Gasteiger partial charge is 0.269 e. The standard InChI is InChI=1S/C24H26ClN5O2/c1-16-8-10-18(11-9-16)15-30-23(25)21(17(2)28-30)12-13-22(31)26-27-24(32)19-6-5-7-20(14-19)29(3)4/h5-14H,15H2,1-4H3,(H,26,31)(H,27,32)/b13-12+. The fourth-order valence-corrected chi connectivity index (χ4v) is 3.34. The van der Waals surface area contributed by atoms with Gasteiger partial charge in [-0.1, -0.05) is 47.5 Å². The van der Waals surface area contributed by atoms with Gasteiger partial charge in [0.1, 0.15) is 5.15 Å². The molecule has 0 bridgehead atoms. The molecule has 0 aliphatic rings. The first kappa shape index (κ1) is 23.1. The first-order valence-corrected chi connectivity index (χ1v) is 10.5. The van der Waals surface area contributed by atoms with E-state index in [2.05, 4.69) is 16.0 Å². The number of hydrazine groups is 1. The molecule has 166 valence electrons. The van der Waals surface area contributed by atoms with Crippen LogP contribution in [0.15, 0.2) is 54.6 Å². The number of hydrogen-bond donors (Lipinski definition) is 2. The van der Waals surface area contributed by atoms with Crippen molar-refractivity contribution in [2.45, 2.75) is 20.4 Å². The molecular formula is C24H26ClN5O2. The Hall–Kier alpha value is -3.58. The highest BCUT2D eigenvalue weighted by molar-refractivity contribution is 6.31. The minimum absolute atomic E-state index is 0.407. The second-order valence-corrected chi connectivity index (χ2v) is 8.01. The summed E-state index contributed by atoms with van der Waals surface area (Å²) < 4.78 is 1.69. The molecule has 0 saturated carbocycles. The van der Waals surface area contributed by atoms with Crippen LogP contribution in [0.1, 0.15) is 32.7 Å². The van der Waals surface area contributed by atoms with Crippen molar-refractivity contribution in [3.8, 4) is 0 Å². The van der Waals surface area contributed by atoms with Crippen LogP contribution in [0.4, 0.5) is 5.69 Å². The summed E-state index contributed by atoms with van der Waals surface area (Å²) in [7, 11) is 3.78. The van der Waals surface area contributed by atoms with Gasteiger partial charge >= 0.3 is 0 Å². The maximum atomic E-state index is 12.3. The number of rotatable bonds is 6. The molecular weight excluding hydrogens is 426 g/mol. The van der Waals surface area contributed by atoms with E-state index >= 15 is 0 Å². The van der Waals surface area contributed by atoms with E-state index in [0.29, 0.717) is 28.5 Å². The zero-order valence-electron chi connectivity index (χ0n) is 18.5. The van der Waals surface area contributed by atoms with Gasteiger partial charge in [-0.3, -0.25) is 20.4 Å². The van der Waals surface area contributed by atoms with Crippen LogP contribution in [-0.4, -0.2) is 35.7 Å². The predicted molar refractivity (Wildman–Crippen MR) is 128 cm³/mol. The van der Waals surface area contributed by atoms with Crippen molar-refractivity contribution in [1.29, 1.82) is 0 Å². The van der Waals surface area contributed by atoms with Gasteiger partial charge in [0.05, 0.1) is 12.2 Å². The maximum Gasteiger partial charge on any atom is 0.269 e. The van der Waals surface area contributed by atoms with Gasteiger partial charge in [0.2, 0.25) is 0 Å². The monoisotopic (exact) mass is 451 g/mol. The lowest BCUT2D eigenvalue weighted by atomic mass is 10.1. The van der Waals surface area contributed by atoms with Crippen LogP contribution in [0, 0.1) is 13.8 Å². The van der Waals surface area contributed by atoms with Crippen LogP contribution in [0.3, 0.4) is 0 Å². The molecule has 0 fully saturated rings. The van der Waals surface area contributed by atoms with E-state index in [4.69, 9.17) is 11.6 Å². The fraction of sp³-hybridized carbons (Fsp3) is 0.208. The number of aryl methyl sites for hydroxylation is 2. The van der Waals surface area contributed by atoms with E-state index < -0.39 is 11.8 Å². The molecule has 0 aliphatic heterocycles. The number of halogens is 1. The number of anilines is 1. The van der Waals surface area contributed by atoms with Crippen LogP contribution >= 0.6 is 11.6 Å². The van der Waals surface area contributed by atoms with E-state index in [1.165, 1.54) is 11.6 Å². The third-order valence-corrected chi connectivity index (χ3v) is 5.29. The lowest BCUT2D eigenvalue weighted by Gasteiger charge is -2.13. The third kappa shape index (κ3) is 5.76. The lowest BCUT2D eigenvalue weighted by Crippen LogP contribution is -2.40. The summed E-state index contributed by atoms with van der Waals surface area (Å²) in [6.07, 6.45) is 2.90. The Bertz CT molecular complexity index is 1150. The average molecular weight is 452 g/mol. The van der Waals surface area contributed by atoms with Crippen molar-refractivity contribution in [2.24, 2.45) is 0 Å². The molecule has 0 saturated heterocycles. The van der Waals surface area contributed by atoms with Gasteiger partial charge in [-0.05, 0) is 43.7 Å². The summed E-state index contributed by atoms with van der Waals surface area (Å²) in [4.78, 5) is 26.4. The summed E-state index contributed by atoms with van der Waals surface area (Å²) in [6, 6.07) is 15.2. The second-order valence-electron chi connectivity index (χ2n) is 7.65. The molecule has 0 spiro atoms. The molecule has 2 N–H and O–H groups in total. The van der Waals surface area contributed by atoms with E-state index in [1.807, 2.05) is 63.2 Å². The van der Waals surface area contributed by atoms with Crippen LogP contribution < -0.4 is 15.8 Å². The summed E-state index contributed by atoms with van der Waals surface area (Å²) in [5.41, 5.74) is 9.74. The van der Waals surface area contributed by atoms with Crippen molar-refractivity contribution in [2.75, 3.05) is 19.0 Å². The maximum absolute atomic E-state index is 12.3. The van der Waals surface area contributed by atoms with Crippen molar-refractivity contribution in [3.05, 3.63) is 87.7 Å². The van der Waals surface area contributed by atoms with E-state index in [9.17, 15) is 9.59 Å². The minimum atomic E-state index is -0.483. The van der Waals surface area contributed by atoms with Gasteiger partial charge < -0.3 is 4.90 Å². The van der Waals surface area contributed by atoms with Gasteiger partial charge in [0.15, 0.2) is 0 Å². The van der Waals surface area contributed by atoms with Gasteiger partial charge in [-0.15, -0.1) is 0 Å². The van der Waals surface area contributed by atoms with Crippen molar-refractivity contribution >= 4 is 35.2 Å². The Morgan fingerprint density at radius 2 is 1.81 bits per heavy atom. The Labute approximate surface area is 192 Å². The van der Waals surface area contributed by atoms with Crippen molar-refractivity contribution < 1.29 is 9.59 Å². The Morgan fingerprint density at radius 1 is 1.09 bits per heavy atom. The number of nitrogens with one attached hydrogen (secondary N) is 2. The Morgan fingerprint density at radius 3 is 2.50 bits per heavy atom. The van der Waals surface area contributed by atoms with Gasteiger partial charge in [0, 0.05) is 37.0 Å². The van der Waals surface area contributed by atoms with E-state index in [0.717, 1.165) is 11.3 Å². The highest BCUT2D eigenvalue weighted by Gasteiger charge is 2.12. The molecule has 2 aromatic carbocycles. The van der Waals surface area contributed by atoms with Crippen LogP contribution in [-0.2, 0) is 11.3 Å². The van der Waals surface area contributed by atoms with Crippen LogP contribution in [0.5, 0.6) is 0 Å². The molecule has 8 heteroatoms. The third-order valence-electron chi connectivity index (χ3n) is 4.89. The molecule has 3 rings (SSSR count). The number of amides is 2. The zero-order chi connectivity index (χ0) is 23.3. The number of carbonyl (C=O) groups is 2. The molecule has 0 atom stereocenters. The average Bonchev–Trinajstić information content (AvgIpc) is 3.04. The van der Waals surface area contributed by atoms with Crippen LogP contribution in [0.2, 0.25) is 5.15 Å². The second kappa shape index (κ2) is 10.2. The van der Waals surface area contributed by atoms with E-state index in [-0.39, 0.29) is 0 Å². The quantitative estimate of drug-likeness (QED) is 0.442. The molecule has 0 radical (unpaired) electrons.